The summed E-state index contributed by atoms with van der Waals surface area (Å²) in [7, 11) is 0. The van der Waals surface area contributed by atoms with E-state index in [9.17, 15) is 4.79 Å². The normalized spacial score (nSPS) is 15.4. The fraction of sp³-hybridized carbons (Fsp3) is 0.458. The van der Waals surface area contributed by atoms with Gasteiger partial charge in [-0.2, -0.15) is 0 Å². The third-order valence-corrected chi connectivity index (χ3v) is 6.22. The zero-order valence-electron chi connectivity index (χ0n) is 17.4. The topological polar surface area (TPSA) is 41.6 Å². The summed E-state index contributed by atoms with van der Waals surface area (Å²) < 4.78 is 5.83. The van der Waals surface area contributed by atoms with Crippen LogP contribution >= 0.6 is 11.6 Å². The van der Waals surface area contributed by atoms with Crippen molar-refractivity contribution in [3.63, 3.8) is 0 Å². The lowest BCUT2D eigenvalue weighted by atomic mass is 9.78. The number of nitrogens with zero attached hydrogens (tertiary/aromatic N) is 1. The van der Waals surface area contributed by atoms with Gasteiger partial charge in [-0.25, -0.2) is 0 Å². The van der Waals surface area contributed by atoms with Crippen molar-refractivity contribution in [2.75, 3.05) is 31.6 Å². The average Bonchev–Trinajstić information content (AvgIpc) is 3.24. The molecule has 0 heterocycles. The molecule has 1 fully saturated rings. The van der Waals surface area contributed by atoms with Crippen LogP contribution in [-0.2, 0) is 10.2 Å². The Hall–Kier alpha value is -2.04. The lowest BCUT2D eigenvalue weighted by molar-refractivity contribution is -0.121. The second-order valence-electron chi connectivity index (χ2n) is 7.65. The van der Waals surface area contributed by atoms with Crippen molar-refractivity contribution in [1.82, 2.24) is 4.90 Å². The third kappa shape index (κ3) is 5.31. The summed E-state index contributed by atoms with van der Waals surface area (Å²) in [5, 5.41) is 3.82. The Morgan fingerprint density at radius 2 is 1.66 bits per heavy atom. The third-order valence-electron chi connectivity index (χ3n) is 5.97. The van der Waals surface area contributed by atoms with Crippen LogP contribution in [0.4, 0.5) is 5.69 Å². The molecule has 4 nitrogen and oxygen atoms in total. The number of nitrogens with one attached hydrogen (secondary N) is 1. The van der Waals surface area contributed by atoms with Crippen LogP contribution in [-0.4, -0.2) is 37.0 Å². The Kier molecular flexibility index (Phi) is 7.57. The highest BCUT2D eigenvalue weighted by Gasteiger charge is 2.42. The van der Waals surface area contributed by atoms with Gasteiger partial charge in [0.05, 0.1) is 5.41 Å². The number of benzene rings is 2. The van der Waals surface area contributed by atoms with E-state index in [1.165, 1.54) is 0 Å². The molecule has 2 aromatic carbocycles. The minimum Gasteiger partial charge on any atom is -0.492 e. The molecular formula is C24H31ClN2O2. The summed E-state index contributed by atoms with van der Waals surface area (Å²) in [6.45, 7) is 7.94. The molecule has 1 amide bonds. The molecule has 1 aliphatic rings. The van der Waals surface area contributed by atoms with Gasteiger partial charge in [-0.15, -0.1) is 0 Å². The van der Waals surface area contributed by atoms with Crippen LogP contribution in [0.5, 0.6) is 5.75 Å². The largest absolute Gasteiger partial charge is 0.492 e. The van der Waals surface area contributed by atoms with Crippen molar-refractivity contribution >= 4 is 23.2 Å². The first-order chi connectivity index (χ1) is 14.1. The lowest BCUT2D eigenvalue weighted by Crippen LogP contribution is -2.37. The second kappa shape index (κ2) is 10.1. The van der Waals surface area contributed by atoms with E-state index in [0.717, 1.165) is 62.3 Å². The molecule has 0 aromatic heterocycles. The van der Waals surface area contributed by atoms with Crippen molar-refractivity contribution in [3.8, 4) is 5.75 Å². The predicted molar refractivity (Wildman–Crippen MR) is 120 cm³/mol. The van der Waals surface area contributed by atoms with Crippen molar-refractivity contribution in [2.45, 2.75) is 44.9 Å². The smallest absolute Gasteiger partial charge is 0.235 e. The van der Waals surface area contributed by atoms with Gasteiger partial charge in [-0.3, -0.25) is 4.79 Å². The molecule has 0 saturated heterocycles. The summed E-state index contributed by atoms with van der Waals surface area (Å²) in [6, 6.07) is 15.4. The summed E-state index contributed by atoms with van der Waals surface area (Å²) in [4.78, 5) is 15.6. The lowest BCUT2D eigenvalue weighted by Gasteiger charge is -2.28. The standard InChI is InChI=1S/C24H31ClN2O2/c1-3-27(4-2)17-18-29-22-13-11-21(12-14-22)26-23(28)24(15-5-6-16-24)19-7-9-20(25)10-8-19/h7-14H,3-6,15-18H2,1-2H3,(H,26,28). The quantitative estimate of drug-likeness (QED) is 0.588. The molecule has 1 aliphatic carbocycles. The Labute approximate surface area is 179 Å². The van der Waals surface area contributed by atoms with Gasteiger partial charge in [0.1, 0.15) is 12.4 Å². The Balaban J connectivity index is 1.62. The molecule has 0 aliphatic heterocycles. The monoisotopic (exact) mass is 414 g/mol. The number of anilines is 1. The number of carbonyl (C=O) groups excluding carboxylic acids is 1. The van der Waals surface area contributed by atoms with E-state index in [1.54, 1.807) is 0 Å². The summed E-state index contributed by atoms with van der Waals surface area (Å²) in [5.74, 6) is 0.885. The molecule has 0 radical (unpaired) electrons. The van der Waals surface area contributed by atoms with Crippen molar-refractivity contribution in [1.29, 1.82) is 0 Å². The number of hydrogen-bond acceptors (Lipinski definition) is 3. The maximum atomic E-state index is 13.2. The van der Waals surface area contributed by atoms with Crippen LogP contribution in [0.3, 0.4) is 0 Å². The fourth-order valence-corrected chi connectivity index (χ4v) is 4.24. The van der Waals surface area contributed by atoms with Gasteiger partial charge in [-0.1, -0.05) is 50.4 Å². The van der Waals surface area contributed by atoms with E-state index in [0.29, 0.717) is 11.6 Å². The van der Waals surface area contributed by atoms with Crippen LogP contribution < -0.4 is 10.1 Å². The van der Waals surface area contributed by atoms with E-state index in [4.69, 9.17) is 16.3 Å². The summed E-state index contributed by atoms with van der Waals surface area (Å²) in [6.07, 6.45) is 3.87. The van der Waals surface area contributed by atoms with Gasteiger partial charge >= 0.3 is 0 Å². The van der Waals surface area contributed by atoms with Crippen molar-refractivity contribution < 1.29 is 9.53 Å². The van der Waals surface area contributed by atoms with Crippen LogP contribution in [0.1, 0.15) is 45.1 Å². The number of rotatable bonds is 9. The van der Waals surface area contributed by atoms with Crippen LogP contribution in [0, 0.1) is 0 Å². The average molecular weight is 415 g/mol. The molecule has 0 spiro atoms. The molecule has 156 valence electrons. The Morgan fingerprint density at radius 3 is 2.24 bits per heavy atom. The zero-order valence-corrected chi connectivity index (χ0v) is 18.2. The first-order valence-electron chi connectivity index (χ1n) is 10.6. The van der Waals surface area contributed by atoms with Crippen molar-refractivity contribution in [3.05, 3.63) is 59.1 Å². The number of hydrogen-bond donors (Lipinski definition) is 1. The van der Waals surface area contributed by atoms with Crippen LogP contribution in [0.15, 0.2) is 48.5 Å². The van der Waals surface area contributed by atoms with Crippen molar-refractivity contribution in [2.24, 2.45) is 0 Å². The Bertz CT molecular complexity index is 780. The Morgan fingerprint density at radius 1 is 1.03 bits per heavy atom. The van der Waals surface area contributed by atoms with E-state index in [2.05, 4.69) is 24.1 Å². The molecule has 0 unspecified atom stereocenters. The highest BCUT2D eigenvalue weighted by molar-refractivity contribution is 6.30. The maximum Gasteiger partial charge on any atom is 0.235 e. The zero-order chi connectivity index (χ0) is 20.7. The van der Waals surface area contributed by atoms with Gasteiger partial charge in [0, 0.05) is 17.3 Å². The molecule has 5 heteroatoms. The van der Waals surface area contributed by atoms with Gasteiger partial charge in [0.25, 0.3) is 0 Å². The van der Waals surface area contributed by atoms with Gasteiger partial charge < -0.3 is 15.0 Å². The van der Waals surface area contributed by atoms with Gasteiger partial charge in [0.2, 0.25) is 5.91 Å². The van der Waals surface area contributed by atoms with Gasteiger partial charge in [-0.05, 0) is 67.9 Å². The second-order valence-corrected chi connectivity index (χ2v) is 8.09. The molecule has 2 aromatic rings. The number of halogens is 1. The molecule has 1 N–H and O–H groups in total. The van der Waals surface area contributed by atoms with E-state index in [-0.39, 0.29) is 5.91 Å². The number of amides is 1. The highest BCUT2D eigenvalue weighted by Crippen LogP contribution is 2.42. The summed E-state index contributed by atoms with van der Waals surface area (Å²) in [5.41, 5.74) is 1.38. The van der Waals surface area contributed by atoms with Crippen LogP contribution in [0.25, 0.3) is 0 Å². The fourth-order valence-electron chi connectivity index (χ4n) is 4.11. The first-order valence-corrected chi connectivity index (χ1v) is 11.0. The molecule has 0 atom stereocenters. The van der Waals surface area contributed by atoms with Crippen LogP contribution in [0.2, 0.25) is 5.02 Å². The first kappa shape index (κ1) is 21.7. The maximum absolute atomic E-state index is 13.2. The minimum absolute atomic E-state index is 0.0625. The van der Waals surface area contributed by atoms with E-state index >= 15 is 0 Å². The summed E-state index contributed by atoms with van der Waals surface area (Å²) >= 11 is 6.04. The highest BCUT2D eigenvalue weighted by atomic mass is 35.5. The molecule has 0 bridgehead atoms. The number of likely N-dealkylation sites (N-methyl/N-ethyl adjacent to an activating group) is 1. The number of ether oxygens (including phenoxy) is 1. The minimum atomic E-state index is -0.469. The van der Waals surface area contributed by atoms with Gasteiger partial charge in [0.15, 0.2) is 0 Å². The van der Waals surface area contributed by atoms with E-state index in [1.807, 2.05) is 48.5 Å². The SMILES string of the molecule is CCN(CC)CCOc1ccc(NC(=O)C2(c3ccc(Cl)cc3)CCCC2)cc1. The molecule has 1 saturated carbocycles. The molecule has 29 heavy (non-hydrogen) atoms. The van der Waals surface area contributed by atoms with E-state index < -0.39 is 5.41 Å². The molecule has 3 rings (SSSR count). The molecular weight excluding hydrogens is 384 g/mol. The number of carbonyl (C=O) groups is 1. The predicted octanol–water partition coefficient (Wildman–Crippen LogP) is 5.51.